The zero-order valence-electron chi connectivity index (χ0n) is 18.1. The fourth-order valence-corrected chi connectivity index (χ4v) is 4.56. The Morgan fingerprint density at radius 2 is 1.87 bits per heavy atom. The maximum atomic E-state index is 13.7. The molecular weight excluding hydrogens is 398 g/mol. The maximum Gasteiger partial charge on any atom is 0.225 e. The van der Waals surface area contributed by atoms with Gasteiger partial charge in [0.25, 0.3) is 0 Å². The number of amides is 1. The molecule has 2 fully saturated rings. The molecule has 2 heterocycles. The van der Waals surface area contributed by atoms with Gasteiger partial charge in [0.15, 0.2) is 0 Å². The molecule has 3 rings (SSSR count). The van der Waals surface area contributed by atoms with E-state index in [2.05, 4.69) is 39.3 Å². The predicted molar refractivity (Wildman–Crippen MR) is 124 cm³/mol. The lowest BCUT2D eigenvalue weighted by Crippen LogP contribution is -2.47. The second-order valence-corrected chi connectivity index (χ2v) is 8.79. The molecule has 0 spiro atoms. The lowest BCUT2D eigenvalue weighted by atomic mass is 9.93. The smallest absolute Gasteiger partial charge is 0.225 e. The number of likely N-dealkylation sites (tertiary alicyclic amines) is 2. The molecule has 30 heavy (non-hydrogen) atoms. The third-order valence-corrected chi connectivity index (χ3v) is 6.72. The van der Waals surface area contributed by atoms with E-state index in [0.717, 1.165) is 58.4 Å². The Hall–Kier alpha value is -1.71. The molecule has 164 valence electrons. The first kappa shape index (κ1) is 23.0. The van der Waals surface area contributed by atoms with Gasteiger partial charge in [0.1, 0.15) is 17.7 Å². The van der Waals surface area contributed by atoms with Crippen molar-refractivity contribution in [2.24, 2.45) is 5.92 Å². The first-order chi connectivity index (χ1) is 14.5. The summed E-state index contributed by atoms with van der Waals surface area (Å²) in [4.78, 5) is 17.4. The summed E-state index contributed by atoms with van der Waals surface area (Å²) in [6.45, 7) is 8.46. The molecule has 2 aliphatic heterocycles. The molecule has 1 amide bonds. The van der Waals surface area contributed by atoms with Gasteiger partial charge >= 0.3 is 0 Å². The van der Waals surface area contributed by atoms with Crippen molar-refractivity contribution in [3.8, 4) is 5.75 Å². The fraction of sp³-hybridized carbons (Fsp3) is 0.542. The van der Waals surface area contributed by atoms with Gasteiger partial charge in [-0.05, 0) is 57.5 Å². The molecule has 1 aromatic carbocycles. The third kappa shape index (κ3) is 5.92. The van der Waals surface area contributed by atoms with Crippen molar-refractivity contribution in [3.63, 3.8) is 0 Å². The number of carbonyl (C=O) groups is 1. The van der Waals surface area contributed by atoms with Crippen molar-refractivity contribution in [2.75, 3.05) is 32.7 Å². The highest BCUT2D eigenvalue weighted by molar-refractivity contribution is 7.27. The van der Waals surface area contributed by atoms with Crippen LogP contribution in [0.1, 0.15) is 39.5 Å². The molecule has 2 saturated heterocycles. The van der Waals surface area contributed by atoms with E-state index in [9.17, 15) is 9.18 Å². The number of benzene rings is 1. The maximum absolute atomic E-state index is 13.7. The number of rotatable bonds is 6. The molecule has 0 aromatic heterocycles. The summed E-state index contributed by atoms with van der Waals surface area (Å²) in [7, 11) is 2.41. The molecule has 2 aliphatic rings. The van der Waals surface area contributed by atoms with Gasteiger partial charge in [0.05, 0.1) is 0 Å². The highest BCUT2D eigenvalue weighted by atomic mass is 31.0. The van der Waals surface area contributed by atoms with Gasteiger partial charge in [-0.15, -0.1) is 0 Å². The first-order valence-corrected chi connectivity index (χ1v) is 11.6. The molecule has 0 bridgehead atoms. The van der Waals surface area contributed by atoms with E-state index in [0.29, 0.717) is 17.0 Å². The zero-order chi connectivity index (χ0) is 21.5. The number of allylic oxidation sites excluding steroid dienone is 2. The average Bonchev–Trinajstić information content (AvgIpc) is 2.77. The van der Waals surface area contributed by atoms with Crippen LogP contribution in [0.2, 0.25) is 0 Å². The van der Waals surface area contributed by atoms with Gasteiger partial charge in [-0.2, -0.15) is 0 Å². The Labute approximate surface area is 182 Å². The number of ether oxygens (including phenoxy) is 1. The van der Waals surface area contributed by atoms with Gasteiger partial charge in [-0.3, -0.25) is 9.69 Å². The van der Waals surface area contributed by atoms with Crippen molar-refractivity contribution >= 4 is 20.5 Å². The van der Waals surface area contributed by atoms with Crippen LogP contribution in [0.25, 0.3) is 0 Å². The number of nitrogens with zero attached hydrogens (tertiary/aromatic N) is 2. The lowest BCUT2D eigenvalue weighted by molar-refractivity contribution is -0.138. The summed E-state index contributed by atoms with van der Waals surface area (Å²) >= 11 is 0. The summed E-state index contributed by atoms with van der Waals surface area (Å²) in [5.74, 6) is 0.737. The van der Waals surface area contributed by atoms with Gasteiger partial charge in [-0.1, -0.05) is 33.5 Å². The van der Waals surface area contributed by atoms with Crippen LogP contribution in [-0.4, -0.2) is 54.5 Å². The normalized spacial score (nSPS) is 20.1. The fourth-order valence-electron chi connectivity index (χ4n) is 4.30. The summed E-state index contributed by atoms with van der Waals surface area (Å²) in [6.07, 6.45) is 9.87. The number of hydrogen-bond acceptors (Lipinski definition) is 3. The zero-order valence-corrected chi connectivity index (χ0v) is 19.3. The Morgan fingerprint density at radius 1 is 1.17 bits per heavy atom. The second kappa shape index (κ2) is 11.1. The highest BCUT2D eigenvalue weighted by Crippen LogP contribution is 2.24. The number of hydrogen-bond donors (Lipinski definition) is 0. The summed E-state index contributed by atoms with van der Waals surface area (Å²) < 4.78 is 19.7. The van der Waals surface area contributed by atoms with Gasteiger partial charge in [-0.25, -0.2) is 4.39 Å². The standard InChI is InChI=1S/C24H34FN2O2P/c1-3-6-18(4-2)17-26-13-9-19(10-14-26)24(28)27-15-11-20(12-16-27)29-22-8-5-7-21(25)23(22)30/h3-8,19-20H,9-17,30H2,1-2H3/b6-3-,18-4+. The van der Waals surface area contributed by atoms with E-state index < -0.39 is 0 Å². The summed E-state index contributed by atoms with van der Waals surface area (Å²) in [5, 5.41) is 0.471. The molecule has 0 saturated carbocycles. The van der Waals surface area contributed by atoms with Crippen LogP contribution in [-0.2, 0) is 4.79 Å². The predicted octanol–water partition coefficient (Wildman–Crippen LogP) is 3.93. The van der Waals surface area contributed by atoms with Crippen LogP contribution in [0.5, 0.6) is 5.75 Å². The van der Waals surface area contributed by atoms with Crippen LogP contribution in [0.4, 0.5) is 4.39 Å². The van der Waals surface area contributed by atoms with E-state index >= 15 is 0 Å². The summed E-state index contributed by atoms with van der Waals surface area (Å²) in [6, 6.07) is 4.90. The molecule has 1 unspecified atom stereocenters. The van der Waals surface area contributed by atoms with Crippen molar-refractivity contribution in [2.45, 2.75) is 45.6 Å². The molecule has 1 atom stereocenters. The minimum Gasteiger partial charge on any atom is -0.490 e. The number of piperidine rings is 2. The average molecular weight is 433 g/mol. The van der Waals surface area contributed by atoms with E-state index in [1.54, 1.807) is 12.1 Å². The molecule has 0 aliphatic carbocycles. The van der Waals surface area contributed by atoms with Crippen molar-refractivity contribution in [3.05, 3.63) is 47.8 Å². The monoisotopic (exact) mass is 432 g/mol. The third-order valence-electron chi connectivity index (χ3n) is 6.15. The SMILES string of the molecule is C/C=C\C(=C/C)CN1CCC(C(=O)N2CCC(Oc3cccc(F)c3P)CC2)CC1. The van der Waals surface area contributed by atoms with Crippen LogP contribution in [0.3, 0.4) is 0 Å². The van der Waals surface area contributed by atoms with E-state index in [4.69, 9.17) is 4.74 Å². The molecule has 0 radical (unpaired) electrons. The van der Waals surface area contributed by atoms with E-state index in [1.807, 2.05) is 11.8 Å². The van der Waals surface area contributed by atoms with Crippen LogP contribution in [0.15, 0.2) is 42.0 Å². The first-order valence-electron chi connectivity index (χ1n) is 11.0. The Bertz CT molecular complexity index is 779. The van der Waals surface area contributed by atoms with E-state index in [-0.39, 0.29) is 17.8 Å². The van der Waals surface area contributed by atoms with Crippen LogP contribution < -0.4 is 10.0 Å². The Kier molecular flexibility index (Phi) is 8.47. The Balaban J connectivity index is 1.44. The number of halogens is 1. The lowest BCUT2D eigenvalue weighted by Gasteiger charge is -2.37. The van der Waals surface area contributed by atoms with Crippen molar-refractivity contribution in [1.82, 2.24) is 9.80 Å². The largest absolute Gasteiger partial charge is 0.490 e. The molecule has 4 nitrogen and oxygen atoms in total. The van der Waals surface area contributed by atoms with Crippen LogP contribution >= 0.6 is 9.24 Å². The number of carbonyl (C=O) groups excluding carboxylic acids is 1. The summed E-state index contributed by atoms with van der Waals surface area (Å²) in [5.41, 5.74) is 1.33. The van der Waals surface area contributed by atoms with Gasteiger partial charge in [0, 0.05) is 43.7 Å². The topological polar surface area (TPSA) is 32.8 Å². The Morgan fingerprint density at radius 3 is 2.50 bits per heavy atom. The molecule has 1 aromatic rings. The van der Waals surface area contributed by atoms with Crippen LogP contribution in [0, 0.1) is 11.7 Å². The minimum absolute atomic E-state index is 0.0304. The highest BCUT2D eigenvalue weighted by Gasteiger charge is 2.31. The second-order valence-electron chi connectivity index (χ2n) is 8.21. The van der Waals surface area contributed by atoms with Gasteiger partial charge in [0.2, 0.25) is 5.91 Å². The molecule has 0 N–H and O–H groups in total. The van der Waals surface area contributed by atoms with E-state index in [1.165, 1.54) is 11.6 Å². The molecular formula is C24H34FN2O2P. The molecule has 6 heteroatoms. The minimum atomic E-state index is -0.274. The van der Waals surface area contributed by atoms with Gasteiger partial charge < -0.3 is 9.64 Å². The quantitative estimate of drug-likeness (QED) is 0.505. The van der Waals surface area contributed by atoms with Crippen molar-refractivity contribution < 1.29 is 13.9 Å². The van der Waals surface area contributed by atoms with Crippen molar-refractivity contribution in [1.29, 1.82) is 0 Å².